The van der Waals surface area contributed by atoms with E-state index in [0.29, 0.717) is 12.6 Å². The Balaban J connectivity index is 1.20. The van der Waals surface area contributed by atoms with Crippen LogP contribution in [0.25, 0.3) is 0 Å². The van der Waals surface area contributed by atoms with Crippen LogP contribution in [0.5, 0.6) is 5.75 Å². The normalized spacial score (nSPS) is 18.7. The quantitative estimate of drug-likeness (QED) is 0.355. The third-order valence-corrected chi connectivity index (χ3v) is 8.03. The molecule has 3 N–H and O–H groups in total. The molecule has 0 saturated carbocycles. The Morgan fingerprint density at radius 2 is 1.72 bits per heavy atom. The number of carbonyl (C=O) groups is 1. The molecule has 0 aromatic heterocycles. The number of carbonyl (C=O) groups excluding carboxylic acids is 1. The van der Waals surface area contributed by atoms with Crippen molar-refractivity contribution >= 4 is 29.0 Å². The van der Waals surface area contributed by atoms with Gasteiger partial charge in [-0.2, -0.15) is 0 Å². The molecule has 8 heteroatoms. The molecule has 2 heterocycles. The number of hydrogen-bond acceptors (Lipinski definition) is 4. The van der Waals surface area contributed by atoms with Gasteiger partial charge in [-0.05, 0) is 79.0 Å². The number of fused-ring (bicyclic) bond motifs is 1. The maximum atomic E-state index is 12.6. The molecule has 204 valence electrons. The van der Waals surface area contributed by atoms with E-state index in [0.717, 1.165) is 55.6 Å². The van der Waals surface area contributed by atoms with Crippen molar-refractivity contribution in [2.24, 2.45) is 0 Å². The number of urea groups is 1. The lowest BCUT2D eigenvalue weighted by Crippen LogP contribution is -2.54. The first-order valence-corrected chi connectivity index (χ1v) is 14.1. The second-order valence-corrected chi connectivity index (χ2v) is 10.6. The maximum absolute atomic E-state index is 12.6. The average Bonchev–Trinajstić information content (AvgIpc) is 3.41. The van der Waals surface area contributed by atoms with Gasteiger partial charge in [0.25, 0.3) is 0 Å². The molecule has 39 heavy (non-hydrogen) atoms. The first-order valence-electron chi connectivity index (χ1n) is 13.7. The van der Waals surface area contributed by atoms with Crippen LogP contribution in [0.2, 0.25) is 0 Å². The highest BCUT2D eigenvalue weighted by atomic mass is 32.1. The largest absolute Gasteiger partial charge is 0.497 e. The van der Waals surface area contributed by atoms with E-state index in [1.165, 1.54) is 23.1 Å². The molecule has 3 aromatic rings. The minimum Gasteiger partial charge on any atom is -0.497 e. The summed E-state index contributed by atoms with van der Waals surface area (Å²) in [5.41, 5.74) is 4.63. The first kappa shape index (κ1) is 27.0. The molecule has 0 unspecified atom stereocenters. The zero-order valence-electron chi connectivity index (χ0n) is 22.4. The number of nitrogens with one attached hydrogen (secondary N) is 3. The third-order valence-electron chi connectivity index (χ3n) is 7.65. The molecule has 0 radical (unpaired) electrons. The number of para-hydroxylation sites is 1. The molecular formula is C31H37N5O2S. The minimum atomic E-state index is -0.210. The summed E-state index contributed by atoms with van der Waals surface area (Å²) < 4.78 is 5.41. The van der Waals surface area contributed by atoms with Crippen molar-refractivity contribution < 1.29 is 9.53 Å². The standard InChI is InChI=1S/C31H37N5O2S/c1-38-29-15-7-9-23(17-29)21-35-16-8-14-27(35)19-33-31(39)36-22-25-11-6-5-10-24(25)18-28(36)20-32-30(37)34-26-12-3-2-4-13-26/h2-7,9-13,15,17,27-28H,8,14,16,18-22H2,1H3,(H,33,39)(H2,32,34,37)/t27-,28+/m1/s1. The van der Waals surface area contributed by atoms with Gasteiger partial charge in [0.15, 0.2) is 5.11 Å². The molecule has 2 amide bonds. The van der Waals surface area contributed by atoms with Gasteiger partial charge >= 0.3 is 6.03 Å². The molecule has 0 bridgehead atoms. The van der Waals surface area contributed by atoms with Crippen LogP contribution in [0.15, 0.2) is 78.9 Å². The van der Waals surface area contributed by atoms with Crippen molar-refractivity contribution in [2.45, 2.75) is 44.4 Å². The van der Waals surface area contributed by atoms with Crippen LogP contribution in [0, 0.1) is 0 Å². The predicted molar refractivity (Wildman–Crippen MR) is 160 cm³/mol. The summed E-state index contributed by atoms with van der Waals surface area (Å²) in [6.07, 6.45) is 3.16. The van der Waals surface area contributed by atoms with Crippen LogP contribution in [-0.4, -0.2) is 59.8 Å². The number of nitrogens with zero attached hydrogens (tertiary/aromatic N) is 2. The number of benzene rings is 3. The highest BCUT2D eigenvalue weighted by Gasteiger charge is 2.30. The fraction of sp³-hybridized carbons (Fsp3) is 0.355. The molecule has 2 aliphatic heterocycles. The number of thiocarbonyl (C=S) groups is 1. The monoisotopic (exact) mass is 543 g/mol. The summed E-state index contributed by atoms with van der Waals surface area (Å²) in [5.74, 6) is 0.894. The number of likely N-dealkylation sites (tertiary alicyclic amines) is 1. The van der Waals surface area contributed by atoms with Gasteiger partial charge in [-0.25, -0.2) is 4.79 Å². The van der Waals surface area contributed by atoms with Crippen LogP contribution in [0.1, 0.15) is 29.5 Å². The zero-order chi connectivity index (χ0) is 27.0. The number of hydrogen-bond donors (Lipinski definition) is 3. The summed E-state index contributed by atoms with van der Waals surface area (Å²) in [4.78, 5) is 17.4. The van der Waals surface area contributed by atoms with E-state index in [4.69, 9.17) is 17.0 Å². The second kappa shape index (κ2) is 13.0. The van der Waals surface area contributed by atoms with Gasteiger partial charge in [0, 0.05) is 37.9 Å². The van der Waals surface area contributed by atoms with Gasteiger partial charge in [0.2, 0.25) is 0 Å². The summed E-state index contributed by atoms with van der Waals surface area (Å²) in [6.45, 7) is 4.01. The Morgan fingerprint density at radius 1 is 0.949 bits per heavy atom. The molecule has 5 rings (SSSR count). The van der Waals surface area contributed by atoms with Crippen LogP contribution >= 0.6 is 12.2 Å². The summed E-state index contributed by atoms with van der Waals surface area (Å²) in [7, 11) is 1.71. The number of amides is 2. The number of methoxy groups -OCH3 is 1. The highest BCUT2D eigenvalue weighted by molar-refractivity contribution is 7.80. The van der Waals surface area contributed by atoms with Crippen molar-refractivity contribution in [1.29, 1.82) is 0 Å². The fourth-order valence-corrected chi connectivity index (χ4v) is 5.86. The van der Waals surface area contributed by atoms with Gasteiger partial charge in [-0.1, -0.05) is 54.6 Å². The average molecular weight is 544 g/mol. The van der Waals surface area contributed by atoms with E-state index in [-0.39, 0.29) is 12.1 Å². The Bertz CT molecular complexity index is 1270. The topological polar surface area (TPSA) is 68.9 Å². The molecule has 1 saturated heterocycles. The smallest absolute Gasteiger partial charge is 0.319 e. The van der Waals surface area contributed by atoms with E-state index >= 15 is 0 Å². The maximum Gasteiger partial charge on any atom is 0.319 e. The lowest BCUT2D eigenvalue weighted by atomic mass is 9.94. The van der Waals surface area contributed by atoms with Crippen molar-refractivity contribution in [2.75, 3.05) is 32.1 Å². The SMILES string of the molecule is COc1cccc(CN2CCC[C@@H]2CNC(=S)N2Cc3ccccc3C[C@H]2CNC(=O)Nc2ccccc2)c1. The molecular weight excluding hydrogens is 506 g/mol. The summed E-state index contributed by atoms with van der Waals surface area (Å²) in [6, 6.07) is 26.6. The second-order valence-electron chi connectivity index (χ2n) is 10.3. The molecule has 0 spiro atoms. The van der Waals surface area contributed by atoms with Crippen LogP contribution in [0.3, 0.4) is 0 Å². The Morgan fingerprint density at radius 3 is 2.54 bits per heavy atom. The molecule has 0 aliphatic carbocycles. The van der Waals surface area contributed by atoms with Crippen LogP contribution in [0.4, 0.5) is 10.5 Å². The fourth-order valence-electron chi connectivity index (χ4n) is 5.56. The summed E-state index contributed by atoms with van der Waals surface area (Å²) in [5, 5.41) is 10.3. The zero-order valence-corrected chi connectivity index (χ0v) is 23.3. The van der Waals surface area contributed by atoms with Gasteiger partial charge in [0.05, 0.1) is 13.2 Å². The Hall–Kier alpha value is -3.62. The lowest BCUT2D eigenvalue weighted by molar-refractivity contribution is 0.232. The van der Waals surface area contributed by atoms with Crippen LogP contribution in [-0.2, 0) is 19.5 Å². The van der Waals surface area contributed by atoms with Gasteiger partial charge in [-0.15, -0.1) is 0 Å². The van der Waals surface area contributed by atoms with Crippen molar-refractivity contribution in [3.8, 4) is 5.75 Å². The number of ether oxygens (including phenoxy) is 1. The van der Waals surface area contributed by atoms with Gasteiger partial charge in [-0.3, -0.25) is 4.90 Å². The number of rotatable bonds is 8. The Kier molecular flexibility index (Phi) is 8.96. The van der Waals surface area contributed by atoms with E-state index < -0.39 is 0 Å². The minimum absolute atomic E-state index is 0.0675. The Labute approximate surface area is 236 Å². The van der Waals surface area contributed by atoms with Gasteiger partial charge in [0.1, 0.15) is 5.75 Å². The van der Waals surface area contributed by atoms with Crippen molar-refractivity contribution in [3.63, 3.8) is 0 Å². The predicted octanol–water partition coefficient (Wildman–Crippen LogP) is 4.78. The third kappa shape index (κ3) is 7.07. The van der Waals surface area contributed by atoms with E-state index in [2.05, 4.69) is 68.2 Å². The summed E-state index contributed by atoms with van der Waals surface area (Å²) >= 11 is 5.95. The van der Waals surface area contributed by atoms with Crippen LogP contribution < -0.4 is 20.7 Å². The van der Waals surface area contributed by atoms with E-state index in [1.54, 1.807) is 7.11 Å². The highest BCUT2D eigenvalue weighted by Crippen LogP contribution is 2.25. The molecule has 7 nitrogen and oxygen atoms in total. The first-order chi connectivity index (χ1) is 19.1. The van der Waals surface area contributed by atoms with Crippen molar-refractivity contribution in [3.05, 3.63) is 95.6 Å². The lowest BCUT2D eigenvalue weighted by Gasteiger charge is -2.39. The van der Waals surface area contributed by atoms with E-state index in [9.17, 15) is 4.79 Å². The molecule has 3 aromatic carbocycles. The molecule has 2 aliphatic rings. The number of anilines is 1. The molecule has 1 fully saturated rings. The van der Waals surface area contributed by atoms with Gasteiger partial charge < -0.3 is 25.6 Å². The van der Waals surface area contributed by atoms with E-state index in [1.807, 2.05) is 36.4 Å². The van der Waals surface area contributed by atoms with Crippen molar-refractivity contribution in [1.82, 2.24) is 20.4 Å². The molecule has 2 atom stereocenters.